The van der Waals surface area contributed by atoms with Crippen molar-refractivity contribution in [2.75, 3.05) is 37.7 Å². The van der Waals surface area contributed by atoms with Gasteiger partial charge < -0.3 is 4.90 Å². The molecule has 0 bridgehead atoms. The van der Waals surface area contributed by atoms with E-state index in [0.29, 0.717) is 49.7 Å². The maximum absolute atomic E-state index is 12.8. The molecular formula is C19H23ClN4O3S. The summed E-state index contributed by atoms with van der Waals surface area (Å²) in [6.07, 6.45) is 4.04. The van der Waals surface area contributed by atoms with Crippen molar-refractivity contribution >= 4 is 27.3 Å². The lowest BCUT2D eigenvalue weighted by Gasteiger charge is -2.37. The van der Waals surface area contributed by atoms with Crippen LogP contribution in [0.1, 0.15) is 22.3 Å². The highest BCUT2D eigenvalue weighted by Gasteiger charge is 2.34. The van der Waals surface area contributed by atoms with E-state index in [9.17, 15) is 13.2 Å². The number of rotatable bonds is 4. The minimum atomic E-state index is -2.89. The molecule has 1 aromatic heterocycles. The zero-order valence-corrected chi connectivity index (χ0v) is 17.1. The van der Waals surface area contributed by atoms with Crippen LogP contribution in [0.2, 0.25) is 5.02 Å². The molecule has 0 radical (unpaired) electrons. The first-order chi connectivity index (χ1) is 13.4. The molecule has 2 aromatic rings. The molecule has 0 aliphatic carbocycles. The van der Waals surface area contributed by atoms with Crippen molar-refractivity contribution in [2.24, 2.45) is 0 Å². The first-order valence-corrected chi connectivity index (χ1v) is 11.6. The molecule has 150 valence electrons. The molecule has 0 spiro atoms. The van der Waals surface area contributed by atoms with E-state index < -0.39 is 9.84 Å². The highest BCUT2D eigenvalue weighted by molar-refractivity contribution is 7.91. The van der Waals surface area contributed by atoms with Crippen molar-refractivity contribution in [3.05, 3.63) is 52.8 Å². The average Bonchev–Trinajstić information content (AvgIpc) is 3.29. The third kappa shape index (κ3) is 4.24. The van der Waals surface area contributed by atoms with E-state index in [1.54, 1.807) is 17.1 Å². The number of amides is 1. The average molecular weight is 423 g/mol. The molecule has 0 N–H and O–H groups in total. The summed E-state index contributed by atoms with van der Waals surface area (Å²) in [6, 6.07) is 7.67. The van der Waals surface area contributed by atoms with Crippen LogP contribution in [0.15, 0.2) is 36.7 Å². The van der Waals surface area contributed by atoms with Gasteiger partial charge in [-0.3, -0.25) is 14.4 Å². The van der Waals surface area contributed by atoms with E-state index in [1.807, 2.05) is 29.2 Å². The van der Waals surface area contributed by atoms with Crippen LogP contribution >= 0.6 is 11.6 Å². The zero-order valence-electron chi connectivity index (χ0n) is 15.5. The van der Waals surface area contributed by atoms with Gasteiger partial charge in [-0.05, 0) is 18.1 Å². The van der Waals surface area contributed by atoms with Gasteiger partial charge in [0.2, 0.25) is 0 Å². The Morgan fingerprint density at radius 2 is 1.93 bits per heavy atom. The molecule has 2 aliphatic rings. The Bertz CT molecular complexity index is 967. The number of hydrogen-bond donors (Lipinski definition) is 0. The number of nitrogens with zero attached hydrogens (tertiary/aromatic N) is 4. The minimum absolute atomic E-state index is 0.0379. The molecule has 3 heterocycles. The van der Waals surface area contributed by atoms with Crippen LogP contribution in [-0.4, -0.2) is 77.6 Å². The number of sulfone groups is 1. The van der Waals surface area contributed by atoms with Gasteiger partial charge >= 0.3 is 0 Å². The Morgan fingerprint density at radius 1 is 1.18 bits per heavy atom. The molecule has 1 unspecified atom stereocenters. The molecule has 7 nitrogen and oxygen atoms in total. The summed E-state index contributed by atoms with van der Waals surface area (Å²) in [6.45, 7) is 3.13. The highest BCUT2D eigenvalue weighted by atomic mass is 35.5. The van der Waals surface area contributed by atoms with Crippen LogP contribution < -0.4 is 0 Å². The highest BCUT2D eigenvalue weighted by Crippen LogP contribution is 2.20. The van der Waals surface area contributed by atoms with E-state index in [2.05, 4.69) is 10.00 Å². The number of halogens is 1. The molecule has 4 rings (SSSR count). The molecule has 1 amide bonds. The summed E-state index contributed by atoms with van der Waals surface area (Å²) in [4.78, 5) is 16.8. The first-order valence-electron chi connectivity index (χ1n) is 9.41. The fourth-order valence-electron chi connectivity index (χ4n) is 3.90. The van der Waals surface area contributed by atoms with Gasteiger partial charge in [0, 0.05) is 43.4 Å². The fraction of sp³-hybridized carbons (Fsp3) is 0.474. The second kappa shape index (κ2) is 7.85. The molecule has 28 heavy (non-hydrogen) atoms. The summed E-state index contributed by atoms with van der Waals surface area (Å²) in [5.74, 6) is 0.487. The van der Waals surface area contributed by atoms with Gasteiger partial charge in [-0.15, -0.1) is 0 Å². The van der Waals surface area contributed by atoms with Crippen molar-refractivity contribution in [3.8, 4) is 0 Å². The van der Waals surface area contributed by atoms with Crippen molar-refractivity contribution in [1.82, 2.24) is 19.6 Å². The minimum Gasteiger partial charge on any atom is -0.336 e. The van der Waals surface area contributed by atoms with E-state index in [1.165, 1.54) is 0 Å². The number of aromatic nitrogens is 2. The fourth-order valence-corrected chi connectivity index (χ4v) is 5.85. The lowest BCUT2D eigenvalue weighted by Crippen LogP contribution is -2.52. The lowest BCUT2D eigenvalue weighted by atomic mass is 10.2. The third-order valence-electron chi connectivity index (χ3n) is 5.50. The number of carbonyl (C=O) groups is 1. The Balaban J connectivity index is 1.34. The van der Waals surface area contributed by atoms with E-state index in [4.69, 9.17) is 11.6 Å². The molecule has 9 heteroatoms. The normalized spacial score (nSPS) is 22.5. The van der Waals surface area contributed by atoms with Gasteiger partial charge in [0.15, 0.2) is 9.84 Å². The smallest absolute Gasteiger partial charge is 0.257 e. The molecule has 1 aromatic carbocycles. The van der Waals surface area contributed by atoms with Gasteiger partial charge in [-0.2, -0.15) is 5.10 Å². The standard InChI is InChI=1S/C19H23ClN4O3S/c20-18-4-2-1-3-15(18)12-24-13-16(11-21-24)19(25)23-8-6-22(7-9-23)17-5-10-28(26,27)14-17/h1-4,11,13,17H,5-10,12,14H2. The van der Waals surface area contributed by atoms with Gasteiger partial charge in [0.25, 0.3) is 5.91 Å². The van der Waals surface area contributed by atoms with Gasteiger partial charge in [0.05, 0.1) is 29.8 Å². The van der Waals surface area contributed by atoms with Crippen molar-refractivity contribution in [2.45, 2.75) is 19.0 Å². The van der Waals surface area contributed by atoms with E-state index in [-0.39, 0.29) is 23.5 Å². The van der Waals surface area contributed by atoms with Crippen LogP contribution in [0.3, 0.4) is 0 Å². The summed E-state index contributed by atoms with van der Waals surface area (Å²) >= 11 is 6.19. The number of hydrogen-bond acceptors (Lipinski definition) is 5. The van der Waals surface area contributed by atoms with Crippen LogP contribution in [0.4, 0.5) is 0 Å². The summed E-state index contributed by atoms with van der Waals surface area (Å²) < 4.78 is 25.1. The number of benzene rings is 1. The number of piperazine rings is 1. The first kappa shape index (κ1) is 19.4. The molecule has 2 aliphatic heterocycles. The summed E-state index contributed by atoms with van der Waals surface area (Å²) in [5, 5.41) is 4.97. The second-order valence-corrected chi connectivity index (χ2v) is 10.0. The van der Waals surface area contributed by atoms with Gasteiger partial charge in [-0.1, -0.05) is 29.8 Å². The van der Waals surface area contributed by atoms with Crippen LogP contribution in [0.5, 0.6) is 0 Å². The van der Waals surface area contributed by atoms with E-state index >= 15 is 0 Å². The van der Waals surface area contributed by atoms with Gasteiger partial charge in [0.1, 0.15) is 0 Å². The quantitative estimate of drug-likeness (QED) is 0.746. The van der Waals surface area contributed by atoms with E-state index in [0.717, 1.165) is 5.56 Å². The lowest BCUT2D eigenvalue weighted by molar-refractivity contribution is 0.0587. The predicted octanol–water partition coefficient (Wildman–Crippen LogP) is 1.53. The van der Waals surface area contributed by atoms with Crippen molar-refractivity contribution < 1.29 is 13.2 Å². The van der Waals surface area contributed by atoms with Crippen LogP contribution in [-0.2, 0) is 16.4 Å². The predicted molar refractivity (Wildman–Crippen MR) is 107 cm³/mol. The molecule has 2 saturated heterocycles. The Kier molecular flexibility index (Phi) is 5.44. The topological polar surface area (TPSA) is 75.5 Å². The zero-order chi connectivity index (χ0) is 19.7. The SMILES string of the molecule is O=C(c1cnn(Cc2ccccc2Cl)c1)N1CCN(C2CCS(=O)(=O)C2)CC1. The molecular weight excluding hydrogens is 400 g/mol. The van der Waals surface area contributed by atoms with Crippen LogP contribution in [0.25, 0.3) is 0 Å². The maximum atomic E-state index is 12.8. The number of carbonyl (C=O) groups excluding carboxylic acids is 1. The molecule has 2 fully saturated rings. The summed E-state index contributed by atoms with van der Waals surface area (Å²) in [5.41, 5.74) is 1.51. The Hall–Kier alpha value is -1.90. The monoisotopic (exact) mass is 422 g/mol. The van der Waals surface area contributed by atoms with Crippen molar-refractivity contribution in [3.63, 3.8) is 0 Å². The molecule has 1 atom stereocenters. The van der Waals surface area contributed by atoms with Crippen LogP contribution in [0, 0.1) is 0 Å². The van der Waals surface area contributed by atoms with Crippen molar-refractivity contribution in [1.29, 1.82) is 0 Å². The Labute approximate surface area is 169 Å². The Morgan fingerprint density at radius 3 is 2.61 bits per heavy atom. The second-order valence-electron chi connectivity index (χ2n) is 7.40. The maximum Gasteiger partial charge on any atom is 0.257 e. The summed E-state index contributed by atoms with van der Waals surface area (Å²) in [7, 11) is -2.89. The third-order valence-corrected chi connectivity index (χ3v) is 7.62. The molecule has 0 saturated carbocycles. The largest absolute Gasteiger partial charge is 0.336 e. The van der Waals surface area contributed by atoms with Gasteiger partial charge in [-0.25, -0.2) is 8.42 Å².